The SMILES string of the molecule is CCNC(=O)Nc1ncnc2c1ncn2C1OC(COc2ccc(F)cc2C(=O)O)C2O[C@H](c3ccc(F)cc3)OC21. The minimum atomic E-state index is -1.36. The highest BCUT2D eigenvalue weighted by Gasteiger charge is 2.54. The number of nitrogens with zero attached hydrogens (tertiary/aromatic N) is 4. The fraction of sp³-hybridized carbons (Fsp3) is 0.296. The molecule has 2 aromatic carbocycles. The van der Waals surface area contributed by atoms with Crippen molar-refractivity contribution < 1.29 is 42.4 Å². The number of benzene rings is 2. The zero-order valence-electron chi connectivity index (χ0n) is 21.9. The van der Waals surface area contributed by atoms with Crippen molar-refractivity contribution in [2.24, 2.45) is 0 Å². The number of aromatic carboxylic acids is 1. The number of rotatable bonds is 8. The number of carbonyl (C=O) groups is 2. The zero-order chi connectivity index (χ0) is 29.4. The highest BCUT2D eigenvalue weighted by molar-refractivity contribution is 5.95. The van der Waals surface area contributed by atoms with E-state index < -0.39 is 54.5 Å². The molecule has 5 atom stereocenters. The van der Waals surface area contributed by atoms with E-state index in [2.05, 4.69) is 25.6 Å². The maximum atomic E-state index is 13.7. The summed E-state index contributed by atoms with van der Waals surface area (Å²) in [7, 11) is 0. The van der Waals surface area contributed by atoms with Gasteiger partial charge in [0.25, 0.3) is 0 Å². The summed E-state index contributed by atoms with van der Waals surface area (Å²) in [6.07, 6.45) is -1.22. The zero-order valence-corrected chi connectivity index (χ0v) is 21.9. The number of carboxylic acid groups (broad SMARTS) is 1. The standard InChI is InChI=1S/C27H24F2N6O7/c1-2-30-27(38)34-22-19-23(32-11-31-22)35(12-33-19)24-21-20(41-26(42-21)13-3-5-14(28)6-4-13)18(40-24)10-39-17-8-7-15(29)9-16(17)25(36)37/h3-9,11-12,18,20-21,24,26H,2,10H2,1H3,(H,36,37)(H2,30,31,32,34,38)/t18?,20?,21?,24?,26-/m0/s1. The van der Waals surface area contributed by atoms with Gasteiger partial charge in [-0.05, 0) is 37.3 Å². The molecule has 218 valence electrons. The Morgan fingerprint density at radius 3 is 2.55 bits per heavy atom. The predicted molar refractivity (Wildman–Crippen MR) is 140 cm³/mol. The van der Waals surface area contributed by atoms with Crippen molar-refractivity contribution in [1.29, 1.82) is 0 Å². The quantitative estimate of drug-likeness (QED) is 0.281. The van der Waals surface area contributed by atoms with Gasteiger partial charge in [-0.1, -0.05) is 12.1 Å². The van der Waals surface area contributed by atoms with Crippen LogP contribution in [-0.2, 0) is 14.2 Å². The fourth-order valence-electron chi connectivity index (χ4n) is 4.88. The van der Waals surface area contributed by atoms with Crippen LogP contribution < -0.4 is 15.4 Å². The van der Waals surface area contributed by atoms with Crippen molar-refractivity contribution in [2.75, 3.05) is 18.5 Å². The summed E-state index contributed by atoms with van der Waals surface area (Å²) in [4.78, 5) is 36.6. The first-order valence-electron chi connectivity index (χ1n) is 12.9. The van der Waals surface area contributed by atoms with Gasteiger partial charge >= 0.3 is 12.0 Å². The molecule has 0 aliphatic carbocycles. The second kappa shape index (κ2) is 11.3. The molecule has 2 aromatic heterocycles. The number of ether oxygens (including phenoxy) is 4. The Balaban J connectivity index is 1.30. The molecular weight excluding hydrogens is 558 g/mol. The third-order valence-corrected chi connectivity index (χ3v) is 6.77. The number of hydrogen-bond acceptors (Lipinski definition) is 9. The van der Waals surface area contributed by atoms with Crippen LogP contribution in [0.25, 0.3) is 11.2 Å². The van der Waals surface area contributed by atoms with E-state index in [1.54, 1.807) is 23.6 Å². The molecule has 4 heterocycles. The molecule has 4 aromatic rings. The van der Waals surface area contributed by atoms with Crippen LogP contribution in [0.3, 0.4) is 0 Å². The van der Waals surface area contributed by atoms with Crippen LogP contribution in [0.4, 0.5) is 19.4 Å². The van der Waals surface area contributed by atoms with Gasteiger partial charge in [0.15, 0.2) is 29.5 Å². The van der Waals surface area contributed by atoms with Gasteiger partial charge in [0, 0.05) is 12.1 Å². The Morgan fingerprint density at radius 1 is 1.02 bits per heavy atom. The molecule has 2 aliphatic heterocycles. The van der Waals surface area contributed by atoms with Gasteiger partial charge in [0.2, 0.25) is 0 Å². The topological polar surface area (TPSA) is 159 Å². The van der Waals surface area contributed by atoms with Crippen LogP contribution in [0, 0.1) is 11.6 Å². The Morgan fingerprint density at radius 2 is 1.79 bits per heavy atom. The van der Waals surface area contributed by atoms with Gasteiger partial charge in [0.05, 0.1) is 6.33 Å². The van der Waals surface area contributed by atoms with Crippen LogP contribution >= 0.6 is 0 Å². The Kier molecular flexibility index (Phi) is 7.36. The lowest BCUT2D eigenvalue weighted by Crippen LogP contribution is -2.33. The van der Waals surface area contributed by atoms with Crippen LogP contribution in [0.15, 0.2) is 55.1 Å². The second-order valence-electron chi connectivity index (χ2n) is 9.44. The fourth-order valence-corrected chi connectivity index (χ4v) is 4.88. The Labute approximate surface area is 236 Å². The number of aromatic nitrogens is 4. The van der Waals surface area contributed by atoms with E-state index in [0.29, 0.717) is 23.3 Å². The summed E-state index contributed by atoms with van der Waals surface area (Å²) in [5.74, 6) is -2.36. The molecule has 2 fully saturated rings. The van der Waals surface area contributed by atoms with Gasteiger partial charge in [-0.15, -0.1) is 0 Å². The van der Waals surface area contributed by atoms with Crippen molar-refractivity contribution >= 4 is 29.0 Å². The lowest BCUT2D eigenvalue weighted by molar-refractivity contribution is -0.152. The summed E-state index contributed by atoms with van der Waals surface area (Å²) in [5.41, 5.74) is 0.859. The van der Waals surface area contributed by atoms with Gasteiger partial charge in [-0.3, -0.25) is 9.88 Å². The summed E-state index contributed by atoms with van der Waals surface area (Å²) in [5, 5.41) is 14.7. The van der Waals surface area contributed by atoms with Crippen molar-refractivity contribution in [3.8, 4) is 5.75 Å². The van der Waals surface area contributed by atoms with E-state index in [4.69, 9.17) is 18.9 Å². The van der Waals surface area contributed by atoms with Crippen molar-refractivity contribution in [3.05, 3.63) is 77.9 Å². The lowest BCUT2D eigenvalue weighted by atomic mass is 10.1. The monoisotopic (exact) mass is 582 g/mol. The number of halogens is 2. The highest BCUT2D eigenvalue weighted by Crippen LogP contribution is 2.45. The van der Waals surface area contributed by atoms with Crippen LogP contribution in [0.1, 0.15) is 35.4 Å². The first-order chi connectivity index (χ1) is 20.3. The number of urea groups is 1. The molecule has 2 saturated heterocycles. The largest absolute Gasteiger partial charge is 0.490 e. The molecule has 0 saturated carbocycles. The Bertz CT molecular complexity index is 1640. The van der Waals surface area contributed by atoms with Crippen molar-refractivity contribution in [3.63, 3.8) is 0 Å². The third-order valence-electron chi connectivity index (χ3n) is 6.77. The third kappa shape index (κ3) is 5.20. The van der Waals surface area contributed by atoms with E-state index in [9.17, 15) is 23.5 Å². The normalized spacial score (nSPS) is 23.1. The average molecular weight is 583 g/mol. The number of imidazole rings is 1. The van der Waals surface area contributed by atoms with Crippen molar-refractivity contribution in [2.45, 2.75) is 37.8 Å². The van der Waals surface area contributed by atoms with Gasteiger partial charge < -0.3 is 29.4 Å². The average Bonchev–Trinajstić information content (AvgIpc) is 3.67. The molecule has 4 unspecified atom stereocenters. The van der Waals surface area contributed by atoms with Crippen molar-refractivity contribution in [1.82, 2.24) is 24.8 Å². The van der Waals surface area contributed by atoms with Crippen LogP contribution in [0.2, 0.25) is 0 Å². The maximum absolute atomic E-state index is 13.7. The molecular formula is C27H24F2N6O7. The molecule has 3 N–H and O–H groups in total. The molecule has 0 spiro atoms. The minimum Gasteiger partial charge on any atom is -0.490 e. The van der Waals surface area contributed by atoms with Crippen LogP contribution in [-0.4, -0.2) is 68.1 Å². The summed E-state index contributed by atoms with van der Waals surface area (Å²) < 4.78 is 53.4. The molecule has 0 bridgehead atoms. The first-order valence-corrected chi connectivity index (χ1v) is 12.9. The molecule has 6 rings (SSSR count). The summed E-state index contributed by atoms with van der Waals surface area (Å²) >= 11 is 0. The van der Waals surface area contributed by atoms with Gasteiger partial charge in [-0.2, -0.15) is 0 Å². The number of fused-ring (bicyclic) bond motifs is 2. The summed E-state index contributed by atoms with van der Waals surface area (Å²) in [6.45, 7) is 2.02. The molecule has 13 nitrogen and oxygen atoms in total. The summed E-state index contributed by atoms with van der Waals surface area (Å²) in [6, 6.07) is 8.37. The van der Waals surface area contributed by atoms with Gasteiger partial charge in [0.1, 0.15) is 54.2 Å². The number of carboxylic acids is 1. The molecule has 0 radical (unpaired) electrons. The van der Waals surface area contributed by atoms with Gasteiger partial charge in [-0.25, -0.2) is 33.3 Å². The Hall–Kier alpha value is -4.73. The van der Waals surface area contributed by atoms with E-state index in [1.165, 1.54) is 30.9 Å². The maximum Gasteiger partial charge on any atom is 0.339 e. The molecule has 15 heteroatoms. The molecule has 2 amide bonds. The minimum absolute atomic E-state index is 0.0524. The van der Waals surface area contributed by atoms with E-state index in [-0.39, 0.29) is 23.7 Å². The number of hydrogen-bond donors (Lipinski definition) is 3. The first kappa shape index (κ1) is 27.4. The van der Waals surface area contributed by atoms with E-state index >= 15 is 0 Å². The predicted octanol–water partition coefficient (Wildman–Crippen LogP) is 3.40. The number of carbonyl (C=O) groups excluding carboxylic acids is 1. The van der Waals surface area contributed by atoms with Crippen LogP contribution in [0.5, 0.6) is 5.75 Å². The second-order valence-corrected chi connectivity index (χ2v) is 9.44. The van der Waals surface area contributed by atoms with E-state index in [1.807, 2.05) is 0 Å². The highest BCUT2D eigenvalue weighted by atomic mass is 19.1. The number of anilines is 1. The smallest absolute Gasteiger partial charge is 0.339 e. The number of amides is 2. The van der Waals surface area contributed by atoms with E-state index in [0.717, 1.165) is 12.1 Å². The molecule has 42 heavy (non-hydrogen) atoms. The lowest BCUT2D eigenvalue weighted by Gasteiger charge is -2.22. The number of nitrogens with one attached hydrogen (secondary N) is 2. The molecule has 2 aliphatic rings.